The van der Waals surface area contributed by atoms with Crippen molar-refractivity contribution in [2.45, 2.75) is 174 Å². The number of phosphoric acid groups is 1. The van der Waals surface area contributed by atoms with E-state index in [-0.39, 0.29) is 19.4 Å². The van der Waals surface area contributed by atoms with Gasteiger partial charge in [-0.15, -0.1) is 0 Å². The second-order valence-electron chi connectivity index (χ2n) is 14.1. The highest BCUT2D eigenvalue weighted by molar-refractivity contribution is 7.47. The zero-order valence-electron chi connectivity index (χ0n) is 36.0. The molecule has 0 aliphatic rings. The van der Waals surface area contributed by atoms with Crippen LogP contribution in [0.15, 0.2) is 97.2 Å². The van der Waals surface area contributed by atoms with Crippen molar-refractivity contribution in [1.29, 1.82) is 0 Å². The summed E-state index contributed by atoms with van der Waals surface area (Å²) in [4.78, 5) is 34.5. The van der Waals surface area contributed by atoms with Crippen LogP contribution in [0.1, 0.15) is 168 Å². The van der Waals surface area contributed by atoms with Gasteiger partial charge in [0, 0.05) is 20.0 Å². The summed E-state index contributed by atoms with van der Waals surface area (Å²) in [6, 6.07) is 0. The highest BCUT2D eigenvalue weighted by Gasteiger charge is 2.24. The van der Waals surface area contributed by atoms with Crippen molar-refractivity contribution >= 4 is 19.8 Å². The Kier molecular flexibility index (Phi) is 40.3. The number of rotatable bonds is 39. The van der Waals surface area contributed by atoms with Crippen LogP contribution in [0.5, 0.6) is 0 Å². The third kappa shape index (κ3) is 42.4. The Balaban J connectivity index is 4.04. The van der Waals surface area contributed by atoms with Gasteiger partial charge in [-0.2, -0.15) is 0 Å². The van der Waals surface area contributed by atoms with E-state index in [9.17, 15) is 19.0 Å². The van der Waals surface area contributed by atoms with Gasteiger partial charge in [0.25, 0.3) is 0 Å². The standard InChI is InChI=1S/C48H79O8P/c1-4-6-8-10-12-14-16-18-20-21-22-23-24-25-26-27-29-31-33-35-37-39-41-43-48(50)56-46(45-55-57(51,52)53-3)44-54-47(49)42-40-38-36-34-32-30-28-19-17-15-13-11-9-7-5-2/h6-9,12-15,18-20,22-23,28,32,34,46H,4-5,10-11,16-17,21,24-27,29-31,33,35-45H2,1-3H3,(H,51,52)/b8-6-,9-7-,14-12-,15-13-,20-18-,23-22-,28-19-,34-32-. The van der Waals surface area contributed by atoms with Gasteiger partial charge in [0.05, 0.1) is 6.61 Å². The molecular formula is C48H79O8P. The van der Waals surface area contributed by atoms with Crippen LogP contribution in [0.3, 0.4) is 0 Å². The maximum Gasteiger partial charge on any atom is 0.472 e. The fourth-order valence-electron chi connectivity index (χ4n) is 5.52. The molecule has 0 aliphatic carbocycles. The van der Waals surface area contributed by atoms with Crippen LogP contribution in [0, 0.1) is 0 Å². The molecular weight excluding hydrogens is 735 g/mol. The van der Waals surface area contributed by atoms with E-state index in [1.807, 2.05) is 0 Å². The van der Waals surface area contributed by atoms with Gasteiger partial charge in [0.15, 0.2) is 6.10 Å². The average Bonchev–Trinajstić information content (AvgIpc) is 3.20. The van der Waals surface area contributed by atoms with Crippen LogP contribution in [-0.4, -0.2) is 43.3 Å². The zero-order valence-corrected chi connectivity index (χ0v) is 36.8. The van der Waals surface area contributed by atoms with E-state index in [0.29, 0.717) is 12.8 Å². The monoisotopic (exact) mass is 815 g/mol. The third-order valence-corrected chi connectivity index (χ3v) is 9.76. The number of unbranched alkanes of at least 4 members (excludes halogenated alkanes) is 12. The normalized spacial score (nSPS) is 14.2. The van der Waals surface area contributed by atoms with Crippen molar-refractivity contribution in [3.63, 3.8) is 0 Å². The number of esters is 2. The van der Waals surface area contributed by atoms with Gasteiger partial charge in [0.2, 0.25) is 0 Å². The molecule has 8 nitrogen and oxygen atoms in total. The Bertz CT molecular complexity index is 1240. The molecule has 0 aromatic carbocycles. The number of carbonyl (C=O) groups is 2. The van der Waals surface area contributed by atoms with E-state index in [1.165, 1.54) is 38.5 Å². The topological polar surface area (TPSA) is 108 Å². The van der Waals surface area contributed by atoms with Crippen LogP contribution in [0.25, 0.3) is 0 Å². The largest absolute Gasteiger partial charge is 0.472 e. The first-order valence-corrected chi connectivity index (χ1v) is 23.4. The molecule has 1 N–H and O–H groups in total. The molecule has 0 saturated heterocycles. The molecule has 2 unspecified atom stereocenters. The maximum absolute atomic E-state index is 12.5. The summed E-state index contributed by atoms with van der Waals surface area (Å²) in [6.45, 7) is 3.61. The molecule has 0 bridgehead atoms. The highest BCUT2D eigenvalue weighted by Crippen LogP contribution is 2.42. The van der Waals surface area contributed by atoms with Crippen LogP contribution >= 0.6 is 7.82 Å². The molecule has 57 heavy (non-hydrogen) atoms. The highest BCUT2D eigenvalue weighted by atomic mass is 31.2. The summed E-state index contributed by atoms with van der Waals surface area (Å²) >= 11 is 0. The van der Waals surface area contributed by atoms with Crippen molar-refractivity contribution in [2.24, 2.45) is 0 Å². The van der Waals surface area contributed by atoms with E-state index in [2.05, 4.69) is 116 Å². The first-order valence-electron chi connectivity index (χ1n) is 21.9. The molecule has 0 saturated carbocycles. The van der Waals surface area contributed by atoms with E-state index in [1.54, 1.807) is 0 Å². The minimum absolute atomic E-state index is 0.224. The quantitative estimate of drug-likeness (QED) is 0.0283. The molecule has 2 atom stereocenters. The summed E-state index contributed by atoms with van der Waals surface area (Å²) in [5.74, 6) is -0.866. The lowest BCUT2D eigenvalue weighted by molar-refractivity contribution is -0.161. The fraction of sp³-hybridized carbons (Fsp3) is 0.625. The fourth-order valence-corrected chi connectivity index (χ4v) is 5.98. The van der Waals surface area contributed by atoms with Gasteiger partial charge in [-0.3, -0.25) is 18.6 Å². The van der Waals surface area contributed by atoms with Crippen molar-refractivity contribution < 1.29 is 37.6 Å². The van der Waals surface area contributed by atoms with E-state index >= 15 is 0 Å². The minimum Gasteiger partial charge on any atom is -0.462 e. The first kappa shape index (κ1) is 54.0. The number of hydrogen-bond donors (Lipinski definition) is 1. The van der Waals surface area contributed by atoms with Crippen LogP contribution in [0.2, 0.25) is 0 Å². The van der Waals surface area contributed by atoms with Gasteiger partial charge in [-0.05, 0) is 89.9 Å². The summed E-state index contributed by atoms with van der Waals surface area (Å²) in [6.07, 6.45) is 57.5. The summed E-state index contributed by atoms with van der Waals surface area (Å²) in [5.41, 5.74) is 0. The Morgan fingerprint density at radius 3 is 1.28 bits per heavy atom. The first-order chi connectivity index (χ1) is 27.8. The SMILES string of the molecule is CC/C=C\C/C=C\C/C=C\C/C=C\CCCCCCCCCCCCC(=O)OC(COC(=O)CCCC/C=C\C/C=C\C/C=C\C/C=C\CC)COP(=O)(O)OC. The van der Waals surface area contributed by atoms with E-state index in [0.717, 1.165) is 97.0 Å². The molecule has 324 valence electrons. The molecule has 0 spiro atoms. The minimum atomic E-state index is -4.28. The second kappa shape index (κ2) is 42.6. The summed E-state index contributed by atoms with van der Waals surface area (Å²) in [7, 11) is -3.23. The van der Waals surface area contributed by atoms with Gasteiger partial charge in [-0.1, -0.05) is 162 Å². The Labute approximate surface area is 347 Å². The van der Waals surface area contributed by atoms with Crippen LogP contribution < -0.4 is 0 Å². The number of carbonyl (C=O) groups excluding carboxylic acids is 2. The molecule has 0 radical (unpaired) electrons. The van der Waals surface area contributed by atoms with E-state index < -0.39 is 32.5 Å². The number of hydrogen-bond acceptors (Lipinski definition) is 7. The predicted octanol–water partition coefficient (Wildman–Crippen LogP) is 14.1. The van der Waals surface area contributed by atoms with Crippen molar-refractivity contribution in [3.05, 3.63) is 97.2 Å². The number of ether oxygens (including phenoxy) is 2. The van der Waals surface area contributed by atoms with E-state index in [4.69, 9.17) is 14.0 Å². The molecule has 0 fully saturated rings. The molecule has 0 heterocycles. The van der Waals surface area contributed by atoms with Crippen LogP contribution in [0.4, 0.5) is 0 Å². The summed E-state index contributed by atoms with van der Waals surface area (Å²) < 4.78 is 32.0. The van der Waals surface area contributed by atoms with Crippen LogP contribution in [-0.2, 0) is 32.7 Å². The maximum atomic E-state index is 12.5. The van der Waals surface area contributed by atoms with Gasteiger partial charge < -0.3 is 14.4 Å². The molecule has 0 rings (SSSR count). The van der Waals surface area contributed by atoms with Gasteiger partial charge in [0.1, 0.15) is 6.61 Å². The molecule has 0 aromatic heterocycles. The number of allylic oxidation sites excluding steroid dienone is 16. The molecule has 0 aliphatic heterocycles. The smallest absolute Gasteiger partial charge is 0.462 e. The Morgan fingerprint density at radius 1 is 0.491 bits per heavy atom. The summed E-state index contributed by atoms with van der Waals surface area (Å²) in [5, 5.41) is 0. The van der Waals surface area contributed by atoms with Crippen molar-refractivity contribution in [1.82, 2.24) is 0 Å². The average molecular weight is 815 g/mol. The van der Waals surface area contributed by atoms with Gasteiger partial charge >= 0.3 is 19.8 Å². The lowest BCUT2D eigenvalue weighted by Crippen LogP contribution is -2.29. The number of phosphoric ester groups is 1. The lowest BCUT2D eigenvalue weighted by Gasteiger charge is -2.19. The molecule has 9 heteroatoms. The van der Waals surface area contributed by atoms with Gasteiger partial charge in [-0.25, -0.2) is 4.57 Å². The lowest BCUT2D eigenvalue weighted by atomic mass is 10.0. The Hall–Kier alpha value is -3.03. The molecule has 0 amide bonds. The predicted molar refractivity (Wildman–Crippen MR) is 239 cm³/mol. The van der Waals surface area contributed by atoms with Crippen molar-refractivity contribution in [2.75, 3.05) is 20.3 Å². The second-order valence-corrected chi connectivity index (χ2v) is 15.6. The third-order valence-electron chi connectivity index (χ3n) is 8.82. The zero-order chi connectivity index (χ0) is 41.8. The molecule has 0 aromatic rings. The Morgan fingerprint density at radius 2 is 0.842 bits per heavy atom. The van der Waals surface area contributed by atoms with Crippen molar-refractivity contribution in [3.8, 4) is 0 Å².